The minimum atomic E-state index is -0.793. The maximum atomic E-state index is 12.8. The van der Waals surface area contributed by atoms with Crippen molar-refractivity contribution in [3.05, 3.63) is 85.1 Å². The van der Waals surface area contributed by atoms with E-state index in [2.05, 4.69) is 106 Å². The summed E-state index contributed by atoms with van der Waals surface area (Å²) in [5, 5.41) is 0. The lowest BCUT2D eigenvalue weighted by Crippen LogP contribution is -2.30. The molecule has 0 saturated heterocycles. The molecule has 6 heteroatoms. The number of hydrogen-bond acceptors (Lipinski definition) is 6. The van der Waals surface area contributed by atoms with E-state index in [9.17, 15) is 14.4 Å². The van der Waals surface area contributed by atoms with Crippen molar-refractivity contribution in [1.29, 1.82) is 0 Å². The fourth-order valence-electron chi connectivity index (χ4n) is 7.81. The Bertz CT molecular complexity index is 1320. The molecule has 0 aliphatic heterocycles. The Labute approximate surface area is 420 Å². The van der Waals surface area contributed by atoms with E-state index in [-0.39, 0.29) is 31.1 Å². The van der Waals surface area contributed by atoms with Crippen molar-refractivity contribution in [2.45, 2.75) is 277 Å². The first-order valence-corrected chi connectivity index (χ1v) is 28.6. The second-order valence-corrected chi connectivity index (χ2v) is 18.8. The zero-order valence-corrected chi connectivity index (χ0v) is 44.6. The van der Waals surface area contributed by atoms with E-state index < -0.39 is 6.10 Å². The third-order valence-electron chi connectivity index (χ3n) is 12.1. The first-order valence-electron chi connectivity index (χ1n) is 28.6. The average molecular weight is 948 g/mol. The van der Waals surface area contributed by atoms with Crippen molar-refractivity contribution in [3.8, 4) is 0 Å². The second-order valence-electron chi connectivity index (χ2n) is 18.8. The highest BCUT2D eigenvalue weighted by atomic mass is 16.6. The van der Waals surface area contributed by atoms with Gasteiger partial charge in [0.2, 0.25) is 0 Å². The molecule has 0 heterocycles. The molecule has 0 aromatic carbocycles. The Morgan fingerprint density at radius 1 is 0.309 bits per heavy atom. The van der Waals surface area contributed by atoms with E-state index in [0.717, 1.165) is 128 Å². The van der Waals surface area contributed by atoms with Crippen LogP contribution in [0.15, 0.2) is 85.1 Å². The number of carbonyl (C=O) groups excluding carboxylic acids is 3. The predicted octanol–water partition coefficient (Wildman–Crippen LogP) is 19.2. The summed E-state index contributed by atoms with van der Waals surface area (Å²) >= 11 is 0. The fourth-order valence-corrected chi connectivity index (χ4v) is 7.81. The molecule has 1 unspecified atom stereocenters. The van der Waals surface area contributed by atoms with Crippen LogP contribution < -0.4 is 0 Å². The lowest BCUT2D eigenvalue weighted by Gasteiger charge is -2.18. The van der Waals surface area contributed by atoms with Crippen molar-refractivity contribution in [3.63, 3.8) is 0 Å². The van der Waals surface area contributed by atoms with Gasteiger partial charge < -0.3 is 14.2 Å². The quantitative estimate of drug-likeness (QED) is 0.0262. The largest absolute Gasteiger partial charge is 0.462 e. The highest BCUT2D eigenvalue weighted by Crippen LogP contribution is 2.14. The molecule has 0 bridgehead atoms. The second kappa shape index (κ2) is 56.2. The van der Waals surface area contributed by atoms with Gasteiger partial charge in [-0.05, 0) is 116 Å². The maximum absolute atomic E-state index is 12.8. The van der Waals surface area contributed by atoms with E-state index >= 15 is 0 Å². The van der Waals surface area contributed by atoms with Crippen molar-refractivity contribution in [2.75, 3.05) is 13.2 Å². The van der Waals surface area contributed by atoms with Crippen LogP contribution in [0.3, 0.4) is 0 Å². The van der Waals surface area contributed by atoms with Gasteiger partial charge in [0.05, 0.1) is 0 Å². The monoisotopic (exact) mass is 947 g/mol. The van der Waals surface area contributed by atoms with Gasteiger partial charge in [0.25, 0.3) is 0 Å². The summed E-state index contributed by atoms with van der Waals surface area (Å²) in [6, 6.07) is 0. The van der Waals surface area contributed by atoms with Crippen LogP contribution in [0.25, 0.3) is 0 Å². The van der Waals surface area contributed by atoms with Gasteiger partial charge in [-0.2, -0.15) is 0 Å². The number of ether oxygens (including phenoxy) is 3. The van der Waals surface area contributed by atoms with E-state index in [1.54, 1.807) is 0 Å². The van der Waals surface area contributed by atoms with Gasteiger partial charge in [-0.15, -0.1) is 0 Å². The summed E-state index contributed by atoms with van der Waals surface area (Å²) < 4.78 is 16.8. The molecule has 0 fully saturated rings. The Hall–Kier alpha value is -3.41. The molecule has 0 radical (unpaired) electrons. The topological polar surface area (TPSA) is 78.9 Å². The van der Waals surface area contributed by atoms with Crippen LogP contribution in [-0.4, -0.2) is 37.2 Å². The average Bonchev–Trinajstić information content (AvgIpc) is 3.34. The van der Waals surface area contributed by atoms with E-state index in [1.165, 1.54) is 103 Å². The number of hydrogen-bond donors (Lipinski definition) is 0. The number of unbranched alkanes of at least 4 members (excludes halogenated alkanes) is 26. The Kier molecular flexibility index (Phi) is 53.4. The molecule has 0 saturated carbocycles. The highest BCUT2D eigenvalue weighted by Gasteiger charge is 2.19. The fraction of sp³-hybridized carbons (Fsp3) is 0.726. The normalized spacial score (nSPS) is 12.7. The SMILES string of the molecule is CC/C=C\C/C=C\C/C=C\C/C=C\C/C=C\CCCCCCCC(=O)OCC(COC(=O)CCCCCCC/C=C\CCCCCC)OC(=O)CCCCCCC/C=C\CCCCCCCCC. The Morgan fingerprint density at radius 2 is 0.574 bits per heavy atom. The molecule has 0 spiro atoms. The van der Waals surface area contributed by atoms with Gasteiger partial charge in [-0.3, -0.25) is 14.4 Å². The van der Waals surface area contributed by atoms with Crippen LogP contribution in [-0.2, 0) is 28.6 Å². The van der Waals surface area contributed by atoms with Crippen molar-refractivity contribution in [1.82, 2.24) is 0 Å². The molecule has 1 atom stereocenters. The van der Waals surface area contributed by atoms with E-state index in [4.69, 9.17) is 14.2 Å². The van der Waals surface area contributed by atoms with Gasteiger partial charge >= 0.3 is 17.9 Å². The lowest BCUT2D eigenvalue weighted by atomic mass is 10.1. The summed E-state index contributed by atoms with van der Waals surface area (Å²) in [5.41, 5.74) is 0. The minimum Gasteiger partial charge on any atom is -0.462 e. The van der Waals surface area contributed by atoms with Crippen molar-refractivity contribution < 1.29 is 28.6 Å². The van der Waals surface area contributed by atoms with Gasteiger partial charge in [-0.25, -0.2) is 0 Å². The number of allylic oxidation sites excluding steroid dienone is 14. The minimum absolute atomic E-state index is 0.0903. The summed E-state index contributed by atoms with van der Waals surface area (Å²) in [6.45, 7) is 6.49. The molecular weight excluding hydrogens is 841 g/mol. The molecule has 6 nitrogen and oxygen atoms in total. The third kappa shape index (κ3) is 53.5. The van der Waals surface area contributed by atoms with Gasteiger partial charge in [-0.1, -0.05) is 221 Å². The van der Waals surface area contributed by atoms with E-state index in [0.29, 0.717) is 19.3 Å². The summed E-state index contributed by atoms with van der Waals surface area (Å²) in [6.07, 6.45) is 72.8. The van der Waals surface area contributed by atoms with Crippen LogP contribution in [0.1, 0.15) is 271 Å². The Morgan fingerprint density at radius 3 is 0.926 bits per heavy atom. The maximum Gasteiger partial charge on any atom is 0.306 e. The number of rotatable bonds is 51. The molecule has 0 aromatic rings. The molecule has 0 amide bonds. The summed E-state index contributed by atoms with van der Waals surface area (Å²) in [7, 11) is 0. The molecule has 0 aromatic heterocycles. The standard InChI is InChI=1S/C62H106O6/c1-4-7-10-13-16-19-22-25-27-29-30-31-32-33-35-37-40-43-46-49-52-55-61(64)67-58-59(57-66-60(63)54-51-48-45-42-39-36-24-21-18-15-12-9-6-3)68-62(65)56-53-50-47-44-41-38-34-28-26-23-20-17-14-11-8-5-2/h7,10,16,19,21,24-25,27-28,30-31,33-35,59H,4-6,8-9,11-15,17-18,20,22-23,26,29,32,36-58H2,1-3H3/b10-7-,19-16-,24-21-,27-25-,31-30-,34-28-,35-33-. The predicted molar refractivity (Wildman–Crippen MR) is 293 cm³/mol. The molecule has 0 rings (SSSR count). The smallest absolute Gasteiger partial charge is 0.306 e. The highest BCUT2D eigenvalue weighted by molar-refractivity contribution is 5.71. The summed E-state index contributed by atoms with van der Waals surface area (Å²) in [4.78, 5) is 38.1. The molecule has 68 heavy (non-hydrogen) atoms. The zero-order valence-electron chi connectivity index (χ0n) is 44.6. The van der Waals surface area contributed by atoms with Gasteiger partial charge in [0.15, 0.2) is 6.10 Å². The first kappa shape index (κ1) is 64.6. The molecule has 0 N–H and O–H groups in total. The van der Waals surface area contributed by atoms with Gasteiger partial charge in [0, 0.05) is 19.3 Å². The van der Waals surface area contributed by atoms with Crippen molar-refractivity contribution in [2.24, 2.45) is 0 Å². The number of esters is 3. The van der Waals surface area contributed by atoms with Crippen molar-refractivity contribution >= 4 is 17.9 Å². The van der Waals surface area contributed by atoms with Crippen LogP contribution >= 0.6 is 0 Å². The van der Waals surface area contributed by atoms with Crippen LogP contribution in [0, 0.1) is 0 Å². The third-order valence-corrected chi connectivity index (χ3v) is 12.1. The lowest BCUT2D eigenvalue weighted by molar-refractivity contribution is -0.167. The molecular formula is C62H106O6. The molecule has 0 aliphatic carbocycles. The Balaban J connectivity index is 4.42. The van der Waals surface area contributed by atoms with E-state index in [1.807, 2.05) is 0 Å². The van der Waals surface area contributed by atoms with Crippen LogP contribution in [0.2, 0.25) is 0 Å². The number of carbonyl (C=O) groups is 3. The van der Waals surface area contributed by atoms with Crippen LogP contribution in [0.4, 0.5) is 0 Å². The molecule has 390 valence electrons. The van der Waals surface area contributed by atoms with Gasteiger partial charge in [0.1, 0.15) is 13.2 Å². The first-order chi connectivity index (χ1) is 33.5. The molecule has 0 aliphatic rings. The summed E-state index contributed by atoms with van der Waals surface area (Å²) in [5.74, 6) is -0.921. The van der Waals surface area contributed by atoms with Crippen LogP contribution in [0.5, 0.6) is 0 Å². The zero-order chi connectivity index (χ0) is 49.3.